The highest BCUT2D eigenvalue weighted by molar-refractivity contribution is 7.89. The lowest BCUT2D eigenvalue weighted by Gasteiger charge is -2.26. The summed E-state index contributed by atoms with van der Waals surface area (Å²) in [5, 5.41) is 11.6. The van der Waals surface area contributed by atoms with Crippen LogP contribution in [0.15, 0.2) is 47.4 Å². The molecule has 0 unspecified atom stereocenters. The van der Waals surface area contributed by atoms with Gasteiger partial charge >= 0.3 is 5.97 Å². The number of amides is 1. The number of carbonyl (C=O) groups excluding carboxylic acids is 2. The van der Waals surface area contributed by atoms with Crippen LogP contribution in [0.1, 0.15) is 35.2 Å². The topological polar surface area (TPSA) is 122 Å². The van der Waals surface area contributed by atoms with Crippen molar-refractivity contribution in [1.29, 1.82) is 0 Å². The van der Waals surface area contributed by atoms with Gasteiger partial charge in [0.15, 0.2) is 6.61 Å². The Morgan fingerprint density at radius 2 is 1.75 bits per heavy atom. The fourth-order valence-electron chi connectivity index (χ4n) is 3.36. The lowest BCUT2D eigenvalue weighted by atomic mass is 10.1. The van der Waals surface area contributed by atoms with Gasteiger partial charge in [-0.2, -0.15) is 4.31 Å². The second kappa shape index (κ2) is 10.6. The molecule has 0 saturated carbocycles. The van der Waals surface area contributed by atoms with Crippen LogP contribution in [0.25, 0.3) is 0 Å². The number of carbonyl (C=O) groups is 2. The maximum absolute atomic E-state index is 13.1. The van der Waals surface area contributed by atoms with Gasteiger partial charge in [0, 0.05) is 18.8 Å². The van der Waals surface area contributed by atoms with E-state index in [1.165, 1.54) is 41.7 Å². The van der Waals surface area contributed by atoms with E-state index in [1.807, 2.05) is 0 Å². The van der Waals surface area contributed by atoms with Gasteiger partial charge in [0.25, 0.3) is 5.91 Å². The number of esters is 1. The van der Waals surface area contributed by atoms with Gasteiger partial charge in [-0.25, -0.2) is 13.2 Å². The molecule has 0 aromatic heterocycles. The quantitative estimate of drug-likeness (QED) is 0.577. The Balaban J connectivity index is 1.67. The number of anilines is 1. The molecular weight excluding hydrogens is 436 g/mol. The van der Waals surface area contributed by atoms with Crippen molar-refractivity contribution in [2.75, 3.05) is 32.1 Å². The molecule has 1 heterocycles. The van der Waals surface area contributed by atoms with E-state index in [4.69, 9.17) is 14.6 Å². The van der Waals surface area contributed by atoms with Gasteiger partial charge in [0.05, 0.1) is 19.3 Å². The maximum Gasteiger partial charge on any atom is 0.338 e. The Kier molecular flexibility index (Phi) is 7.84. The van der Waals surface area contributed by atoms with Gasteiger partial charge in [-0.3, -0.25) is 4.79 Å². The van der Waals surface area contributed by atoms with Crippen molar-refractivity contribution in [1.82, 2.24) is 4.31 Å². The summed E-state index contributed by atoms with van der Waals surface area (Å²) < 4.78 is 37.8. The standard InChI is InChI=1S/C22H26N2O7S/c1-30-19-10-9-18(13-20(19)32(28,29)24-11-3-2-4-12-24)23-21(26)15-31-22(27)17-7-5-16(14-25)6-8-17/h5-10,13,25H,2-4,11-12,14-15H2,1H3,(H,23,26). The number of ether oxygens (including phenoxy) is 2. The summed E-state index contributed by atoms with van der Waals surface area (Å²) in [4.78, 5) is 24.3. The van der Waals surface area contributed by atoms with E-state index in [0.29, 0.717) is 18.7 Å². The lowest BCUT2D eigenvalue weighted by molar-refractivity contribution is -0.119. The van der Waals surface area contributed by atoms with Crippen LogP contribution in [0.5, 0.6) is 5.75 Å². The number of methoxy groups -OCH3 is 1. The van der Waals surface area contributed by atoms with Crippen molar-refractivity contribution in [2.24, 2.45) is 0 Å². The highest BCUT2D eigenvalue weighted by Gasteiger charge is 2.29. The van der Waals surface area contributed by atoms with E-state index in [1.54, 1.807) is 12.1 Å². The normalized spacial score (nSPS) is 14.6. The summed E-state index contributed by atoms with van der Waals surface area (Å²) in [7, 11) is -2.39. The molecule has 1 fully saturated rings. The first kappa shape index (κ1) is 23.7. The van der Waals surface area contributed by atoms with E-state index >= 15 is 0 Å². The average Bonchev–Trinajstić information content (AvgIpc) is 2.83. The number of hydrogen-bond acceptors (Lipinski definition) is 7. The average molecular weight is 463 g/mol. The van der Waals surface area contributed by atoms with E-state index in [0.717, 1.165) is 19.3 Å². The first-order valence-electron chi connectivity index (χ1n) is 10.2. The minimum Gasteiger partial charge on any atom is -0.495 e. The second-order valence-electron chi connectivity index (χ2n) is 7.31. The van der Waals surface area contributed by atoms with Gasteiger partial charge in [0.1, 0.15) is 10.6 Å². The number of piperidine rings is 1. The highest BCUT2D eigenvalue weighted by atomic mass is 32.2. The number of sulfonamides is 1. The predicted molar refractivity (Wildman–Crippen MR) is 117 cm³/mol. The summed E-state index contributed by atoms with van der Waals surface area (Å²) in [5.41, 5.74) is 1.14. The summed E-state index contributed by atoms with van der Waals surface area (Å²) in [6, 6.07) is 10.5. The summed E-state index contributed by atoms with van der Waals surface area (Å²) in [5.74, 6) is -1.11. The van der Waals surface area contributed by atoms with Crippen LogP contribution in [0.2, 0.25) is 0 Å². The largest absolute Gasteiger partial charge is 0.495 e. The molecule has 0 aliphatic carbocycles. The molecule has 1 aliphatic rings. The molecule has 0 radical (unpaired) electrons. The second-order valence-corrected chi connectivity index (χ2v) is 9.22. The van der Waals surface area contributed by atoms with Crippen molar-refractivity contribution in [2.45, 2.75) is 30.8 Å². The molecule has 172 valence electrons. The number of rotatable bonds is 8. The molecule has 0 bridgehead atoms. The molecular formula is C22H26N2O7S. The number of nitrogens with one attached hydrogen (secondary N) is 1. The zero-order valence-corrected chi connectivity index (χ0v) is 18.6. The van der Waals surface area contributed by atoms with Crippen molar-refractivity contribution in [3.63, 3.8) is 0 Å². The van der Waals surface area contributed by atoms with Crippen LogP contribution in [-0.4, -0.2) is 56.5 Å². The van der Waals surface area contributed by atoms with Crippen LogP contribution in [-0.2, 0) is 26.2 Å². The smallest absolute Gasteiger partial charge is 0.338 e. The third-order valence-electron chi connectivity index (χ3n) is 5.09. The number of nitrogens with zero attached hydrogens (tertiary/aromatic N) is 1. The number of aliphatic hydroxyl groups is 1. The Bertz CT molecular complexity index is 1060. The van der Waals surface area contributed by atoms with Crippen molar-refractivity contribution in [3.05, 3.63) is 53.6 Å². The third-order valence-corrected chi connectivity index (χ3v) is 7.01. The van der Waals surface area contributed by atoms with Crippen molar-refractivity contribution < 1.29 is 32.6 Å². The molecule has 0 atom stereocenters. The predicted octanol–water partition coefficient (Wildman–Crippen LogP) is 2.16. The van der Waals surface area contributed by atoms with Crippen molar-refractivity contribution in [3.8, 4) is 5.75 Å². The van der Waals surface area contributed by atoms with E-state index in [2.05, 4.69) is 5.32 Å². The summed E-state index contributed by atoms with van der Waals surface area (Å²) in [6.07, 6.45) is 2.59. The molecule has 9 nitrogen and oxygen atoms in total. The Hall–Kier alpha value is -2.95. The molecule has 1 saturated heterocycles. The van der Waals surface area contributed by atoms with Gasteiger partial charge in [-0.15, -0.1) is 0 Å². The Labute approximate surface area is 187 Å². The van der Waals surface area contributed by atoms with Gasteiger partial charge in [-0.1, -0.05) is 18.6 Å². The van der Waals surface area contributed by atoms with Gasteiger partial charge < -0.3 is 19.9 Å². The third kappa shape index (κ3) is 5.64. The molecule has 2 aromatic carbocycles. The molecule has 10 heteroatoms. The SMILES string of the molecule is COc1ccc(NC(=O)COC(=O)c2ccc(CO)cc2)cc1S(=O)(=O)N1CCCCC1. The minimum absolute atomic E-state index is 0.0272. The first-order valence-corrected chi connectivity index (χ1v) is 11.6. The fraction of sp³-hybridized carbons (Fsp3) is 0.364. The number of aliphatic hydroxyl groups excluding tert-OH is 1. The molecule has 1 amide bonds. The zero-order chi connectivity index (χ0) is 23.1. The molecule has 0 spiro atoms. The number of hydrogen-bond donors (Lipinski definition) is 2. The highest BCUT2D eigenvalue weighted by Crippen LogP contribution is 2.31. The van der Waals surface area contributed by atoms with E-state index in [9.17, 15) is 18.0 Å². The lowest BCUT2D eigenvalue weighted by Crippen LogP contribution is -2.35. The van der Waals surface area contributed by atoms with Crippen LogP contribution in [0, 0.1) is 0 Å². The van der Waals surface area contributed by atoms with Crippen LogP contribution < -0.4 is 10.1 Å². The minimum atomic E-state index is -3.78. The van der Waals surface area contributed by atoms with Crippen LogP contribution in [0.3, 0.4) is 0 Å². The van der Waals surface area contributed by atoms with Crippen LogP contribution >= 0.6 is 0 Å². The van der Waals surface area contributed by atoms with Crippen LogP contribution in [0.4, 0.5) is 5.69 Å². The molecule has 2 aromatic rings. The van der Waals surface area contributed by atoms with E-state index in [-0.39, 0.29) is 28.5 Å². The fourth-order valence-corrected chi connectivity index (χ4v) is 5.06. The monoisotopic (exact) mass is 462 g/mol. The van der Waals surface area contributed by atoms with Crippen molar-refractivity contribution >= 4 is 27.6 Å². The molecule has 2 N–H and O–H groups in total. The summed E-state index contributed by atoms with van der Waals surface area (Å²) >= 11 is 0. The summed E-state index contributed by atoms with van der Waals surface area (Å²) in [6.45, 7) is 0.199. The molecule has 3 rings (SSSR count). The first-order chi connectivity index (χ1) is 15.3. The number of benzene rings is 2. The van der Waals surface area contributed by atoms with Gasteiger partial charge in [-0.05, 0) is 48.7 Å². The Morgan fingerprint density at radius 3 is 2.38 bits per heavy atom. The molecule has 1 aliphatic heterocycles. The van der Waals surface area contributed by atoms with E-state index < -0.39 is 28.5 Å². The Morgan fingerprint density at radius 1 is 1.06 bits per heavy atom. The zero-order valence-electron chi connectivity index (χ0n) is 17.7. The van der Waals surface area contributed by atoms with Gasteiger partial charge in [0.2, 0.25) is 10.0 Å². The maximum atomic E-state index is 13.1. The molecule has 32 heavy (non-hydrogen) atoms.